The van der Waals surface area contributed by atoms with Crippen LogP contribution in [0.4, 0.5) is 0 Å². The van der Waals surface area contributed by atoms with E-state index in [2.05, 4.69) is 11.4 Å². The summed E-state index contributed by atoms with van der Waals surface area (Å²) in [5.41, 5.74) is 1.21. The Bertz CT molecular complexity index is 361. The Balaban J connectivity index is 1.75. The summed E-state index contributed by atoms with van der Waals surface area (Å²) >= 11 is 0. The molecule has 1 atom stereocenters. The molecule has 2 aliphatic rings. The van der Waals surface area contributed by atoms with Crippen molar-refractivity contribution in [3.05, 3.63) is 23.8 Å². The lowest BCUT2D eigenvalue weighted by Gasteiger charge is -2.09. The Kier molecular flexibility index (Phi) is 2.23. The molecule has 80 valence electrons. The van der Waals surface area contributed by atoms with Crippen LogP contribution in [0.3, 0.4) is 0 Å². The van der Waals surface area contributed by atoms with Gasteiger partial charge in [-0.2, -0.15) is 0 Å². The summed E-state index contributed by atoms with van der Waals surface area (Å²) in [6.45, 7) is 2.07. The predicted octanol–water partition coefficient (Wildman–Crippen LogP) is 0.904. The molecule has 2 aliphatic heterocycles. The van der Waals surface area contributed by atoms with E-state index in [0.717, 1.165) is 31.1 Å². The van der Waals surface area contributed by atoms with Crippen molar-refractivity contribution >= 4 is 0 Å². The molecule has 4 heteroatoms. The van der Waals surface area contributed by atoms with Crippen molar-refractivity contribution in [3.8, 4) is 11.5 Å². The molecule has 1 saturated heterocycles. The average Bonchev–Trinajstić information content (AvgIpc) is 2.87. The van der Waals surface area contributed by atoms with Crippen LogP contribution in [0.2, 0.25) is 0 Å². The first-order valence-corrected chi connectivity index (χ1v) is 5.15. The normalized spacial score (nSPS) is 23.3. The average molecular weight is 207 g/mol. The third-order valence-electron chi connectivity index (χ3n) is 2.65. The summed E-state index contributed by atoms with van der Waals surface area (Å²) in [7, 11) is 0. The van der Waals surface area contributed by atoms with Crippen LogP contribution in [0.15, 0.2) is 18.2 Å². The minimum absolute atomic E-state index is 0.144. The number of nitrogens with one attached hydrogen (secondary N) is 1. The van der Waals surface area contributed by atoms with Crippen LogP contribution in [-0.4, -0.2) is 26.2 Å². The second-order valence-corrected chi connectivity index (χ2v) is 3.71. The molecule has 0 radical (unpaired) electrons. The number of ether oxygens (including phenoxy) is 3. The van der Waals surface area contributed by atoms with Gasteiger partial charge in [0.15, 0.2) is 11.5 Å². The van der Waals surface area contributed by atoms with Gasteiger partial charge in [0.05, 0.1) is 6.61 Å². The smallest absolute Gasteiger partial charge is 0.231 e. The second-order valence-electron chi connectivity index (χ2n) is 3.71. The number of rotatable bonds is 2. The topological polar surface area (TPSA) is 39.7 Å². The fourth-order valence-corrected chi connectivity index (χ4v) is 1.89. The highest BCUT2D eigenvalue weighted by molar-refractivity contribution is 5.44. The van der Waals surface area contributed by atoms with Gasteiger partial charge < -0.3 is 14.2 Å². The largest absolute Gasteiger partial charge is 0.454 e. The van der Waals surface area contributed by atoms with Gasteiger partial charge in [0, 0.05) is 13.0 Å². The molecule has 0 amide bonds. The predicted molar refractivity (Wildman–Crippen MR) is 54.0 cm³/mol. The molecular weight excluding hydrogens is 194 g/mol. The van der Waals surface area contributed by atoms with Gasteiger partial charge in [-0.25, -0.2) is 0 Å². The third kappa shape index (κ3) is 1.78. The van der Waals surface area contributed by atoms with Crippen LogP contribution in [0.1, 0.15) is 5.56 Å². The fourth-order valence-electron chi connectivity index (χ4n) is 1.89. The van der Waals surface area contributed by atoms with Gasteiger partial charge in [0.25, 0.3) is 0 Å². The lowest BCUT2D eigenvalue weighted by molar-refractivity contribution is 0.102. The SMILES string of the molecule is c1cc2c(cc1CC1NCCO1)OCO2. The van der Waals surface area contributed by atoms with Crippen LogP contribution in [0.25, 0.3) is 0 Å². The maximum absolute atomic E-state index is 5.49. The Labute approximate surface area is 88.1 Å². The molecule has 15 heavy (non-hydrogen) atoms. The maximum atomic E-state index is 5.49. The molecule has 1 N–H and O–H groups in total. The minimum Gasteiger partial charge on any atom is -0.454 e. The molecule has 0 spiro atoms. The van der Waals surface area contributed by atoms with Gasteiger partial charge in [-0.3, -0.25) is 5.32 Å². The van der Waals surface area contributed by atoms with E-state index in [1.54, 1.807) is 0 Å². The van der Waals surface area contributed by atoms with E-state index in [0.29, 0.717) is 6.79 Å². The highest BCUT2D eigenvalue weighted by atomic mass is 16.7. The Morgan fingerprint density at radius 2 is 2.20 bits per heavy atom. The molecule has 4 nitrogen and oxygen atoms in total. The van der Waals surface area contributed by atoms with Gasteiger partial charge in [-0.05, 0) is 17.7 Å². The van der Waals surface area contributed by atoms with Crippen molar-refractivity contribution in [2.45, 2.75) is 12.6 Å². The van der Waals surface area contributed by atoms with Crippen molar-refractivity contribution in [1.82, 2.24) is 5.32 Å². The maximum Gasteiger partial charge on any atom is 0.231 e. The first-order chi connectivity index (χ1) is 7.42. The quantitative estimate of drug-likeness (QED) is 0.782. The van der Waals surface area contributed by atoms with Crippen LogP contribution < -0.4 is 14.8 Å². The molecule has 1 aromatic rings. The summed E-state index contributed by atoms with van der Waals surface area (Å²) in [5, 5.41) is 3.28. The standard InChI is InChI=1S/C11H13NO3/c1-2-9-10(15-7-14-9)5-8(1)6-11-12-3-4-13-11/h1-2,5,11-12H,3-4,6-7H2. The van der Waals surface area contributed by atoms with E-state index < -0.39 is 0 Å². The van der Waals surface area contributed by atoms with E-state index in [-0.39, 0.29) is 6.23 Å². The molecular formula is C11H13NO3. The second kappa shape index (κ2) is 3.72. The zero-order valence-corrected chi connectivity index (χ0v) is 8.36. The molecule has 2 heterocycles. The van der Waals surface area contributed by atoms with Crippen LogP contribution in [0.5, 0.6) is 11.5 Å². The van der Waals surface area contributed by atoms with E-state index in [4.69, 9.17) is 14.2 Å². The first-order valence-electron chi connectivity index (χ1n) is 5.15. The van der Waals surface area contributed by atoms with Gasteiger partial charge in [0.2, 0.25) is 6.79 Å². The van der Waals surface area contributed by atoms with Gasteiger partial charge in [0.1, 0.15) is 6.23 Å². The van der Waals surface area contributed by atoms with Crippen LogP contribution in [-0.2, 0) is 11.2 Å². The third-order valence-corrected chi connectivity index (χ3v) is 2.65. The van der Waals surface area contributed by atoms with Crippen molar-refractivity contribution in [2.75, 3.05) is 19.9 Å². The van der Waals surface area contributed by atoms with E-state index in [9.17, 15) is 0 Å². The van der Waals surface area contributed by atoms with Gasteiger partial charge in [-0.1, -0.05) is 6.07 Å². The molecule has 0 bridgehead atoms. The van der Waals surface area contributed by atoms with Crippen LogP contribution in [0, 0.1) is 0 Å². The molecule has 1 fully saturated rings. The van der Waals surface area contributed by atoms with Crippen molar-refractivity contribution in [2.24, 2.45) is 0 Å². The van der Waals surface area contributed by atoms with Crippen LogP contribution >= 0.6 is 0 Å². The lowest BCUT2D eigenvalue weighted by Crippen LogP contribution is -2.24. The van der Waals surface area contributed by atoms with Crippen molar-refractivity contribution < 1.29 is 14.2 Å². The Morgan fingerprint density at radius 3 is 3.07 bits per heavy atom. The fraction of sp³-hybridized carbons (Fsp3) is 0.455. The van der Waals surface area contributed by atoms with Gasteiger partial charge in [-0.15, -0.1) is 0 Å². The van der Waals surface area contributed by atoms with E-state index in [1.165, 1.54) is 5.56 Å². The molecule has 0 aromatic heterocycles. The van der Waals surface area contributed by atoms with Crippen molar-refractivity contribution in [1.29, 1.82) is 0 Å². The summed E-state index contributed by atoms with van der Waals surface area (Å²) < 4.78 is 16.1. The lowest BCUT2D eigenvalue weighted by atomic mass is 10.1. The Hall–Kier alpha value is -1.26. The monoisotopic (exact) mass is 207 g/mol. The Morgan fingerprint density at radius 1 is 1.27 bits per heavy atom. The molecule has 3 rings (SSSR count). The van der Waals surface area contributed by atoms with E-state index in [1.807, 2.05) is 12.1 Å². The molecule has 1 unspecified atom stereocenters. The first kappa shape index (κ1) is 9.00. The summed E-state index contributed by atoms with van der Waals surface area (Å²) in [6, 6.07) is 6.02. The summed E-state index contributed by atoms with van der Waals surface area (Å²) in [5.74, 6) is 1.67. The number of hydrogen-bond acceptors (Lipinski definition) is 4. The molecule has 0 aliphatic carbocycles. The summed E-state index contributed by atoms with van der Waals surface area (Å²) in [6.07, 6.45) is 1.02. The van der Waals surface area contributed by atoms with Crippen molar-refractivity contribution in [3.63, 3.8) is 0 Å². The number of fused-ring (bicyclic) bond motifs is 1. The zero-order chi connectivity index (χ0) is 10.1. The zero-order valence-electron chi connectivity index (χ0n) is 8.36. The minimum atomic E-state index is 0.144. The highest BCUT2D eigenvalue weighted by Crippen LogP contribution is 2.32. The highest BCUT2D eigenvalue weighted by Gasteiger charge is 2.17. The van der Waals surface area contributed by atoms with Gasteiger partial charge >= 0.3 is 0 Å². The van der Waals surface area contributed by atoms with E-state index >= 15 is 0 Å². The summed E-state index contributed by atoms with van der Waals surface area (Å²) in [4.78, 5) is 0. The molecule has 0 saturated carbocycles. The molecule has 1 aromatic carbocycles. The number of hydrogen-bond donors (Lipinski definition) is 1. The number of benzene rings is 1.